The van der Waals surface area contributed by atoms with E-state index >= 15 is 0 Å². The van der Waals surface area contributed by atoms with E-state index in [4.69, 9.17) is 4.74 Å². The van der Waals surface area contributed by atoms with Crippen molar-refractivity contribution >= 4 is 33.5 Å². The van der Waals surface area contributed by atoms with Gasteiger partial charge in [-0.1, -0.05) is 6.07 Å². The van der Waals surface area contributed by atoms with E-state index in [9.17, 15) is 0 Å². The second kappa shape index (κ2) is 3.76. The van der Waals surface area contributed by atoms with Crippen LogP contribution in [0.2, 0.25) is 0 Å². The van der Waals surface area contributed by atoms with Crippen LogP contribution in [0.25, 0.3) is 10.9 Å². The van der Waals surface area contributed by atoms with E-state index in [1.807, 2.05) is 16.8 Å². The average Bonchev–Trinajstić information content (AvgIpc) is 2.56. The molecule has 2 rings (SSSR count). The molecule has 0 N–H and O–H groups in total. The van der Waals surface area contributed by atoms with Crippen molar-refractivity contribution in [1.82, 2.24) is 9.78 Å². The van der Waals surface area contributed by atoms with E-state index in [0.29, 0.717) is 0 Å². The van der Waals surface area contributed by atoms with Crippen LogP contribution >= 0.6 is 22.6 Å². The first-order valence-corrected chi connectivity index (χ1v) is 5.54. The predicted molar refractivity (Wildman–Crippen MR) is 64.7 cm³/mol. The van der Waals surface area contributed by atoms with Crippen LogP contribution < -0.4 is 4.74 Å². The van der Waals surface area contributed by atoms with Gasteiger partial charge in [-0.2, -0.15) is 5.10 Å². The molecule has 0 amide bonds. The molecule has 0 fully saturated rings. The van der Waals surface area contributed by atoms with Gasteiger partial charge in [0.15, 0.2) is 0 Å². The second-order valence-corrected chi connectivity index (χ2v) is 3.98. The molecular weight excluding hydrogens is 291 g/mol. The molecule has 0 aliphatic carbocycles. The van der Waals surface area contributed by atoms with Gasteiger partial charge in [-0.25, -0.2) is 0 Å². The standard InChI is InChI=1S/C10H11IN2O/c1-3-13-9-7(10(11)12-13)5-4-6-8(9)14-2/h4-6H,3H2,1-2H3. The molecule has 3 nitrogen and oxygen atoms in total. The number of ether oxygens (including phenoxy) is 1. The molecular formula is C10H11IN2O. The summed E-state index contributed by atoms with van der Waals surface area (Å²) < 4.78 is 8.31. The van der Waals surface area contributed by atoms with Crippen molar-refractivity contribution in [3.8, 4) is 5.75 Å². The topological polar surface area (TPSA) is 27.1 Å². The first-order valence-electron chi connectivity index (χ1n) is 4.47. The fourth-order valence-electron chi connectivity index (χ4n) is 1.56. The summed E-state index contributed by atoms with van der Waals surface area (Å²) in [6.45, 7) is 2.94. The summed E-state index contributed by atoms with van der Waals surface area (Å²) in [7, 11) is 1.69. The van der Waals surface area contributed by atoms with Crippen molar-refractivity contribution in [2.75, 3.05) is 7.11 Å². The minimum absolute atomic E-state index is 0.861. The third kappa shape index (κ3) is 1.37. The lowest BCUT2D eigenvalue weighted by molar-refractivity contribution is 0.416. The molecule has 0 bridgehead atoms. The van der Waals surface area contributed by atoms with E-state index in [1.54, 1.807) is 7.11 Å². The smallest absolute Gasteiger partial charge is 0.144 e. The number of benzene rings is 1. The van der Waals surface area contributed by atoms with Crippen molar-refractivity contribution in [3.63, 3.8) is 0 Å². The summed E-state index contributed by atoms with van der Waals surface area (Å²) in [5.74, 6) is 0.889. The molecule has 4 heteroatoms. The molecule has 1 aromatic heterocycles. The Bertz CT molecular complexity index is 464. The summed E-state index contributed by atoms with van der Waals surface area (Å²) in [6.07, 6.45) is 0. The SMILES string of the molecule is CCn1nc(I)c2cccc(OC)c21. The number of aromatic nitrogens is 2. The van der Waals surface area contributed by atoms with Gasteiger partial charge in [0.25, 0.3) is 0 Å². The Hall–Kier alpha value is -0.780. The largest absolute Gasteiger partial charge is 0.494 e. The van der Waals surface area contributed by atoms with Crippen molar-refractivity contribution < 1.29 is 4.74 Å². The van der Waals surface area contributed by atoms with Crippen molar-refractivity contribution in [2.24, 2.45) is 0 Å². The highest BCUT2D eigenvalue weighted by Gasteiger charge is 2.10. The normalized spacial score (nSPS) is 10.8. The van der Waals surface area contributed by atoms with Crippen molar-refractivity contribution in [2.45, 2.75) is 13.5 Å². The summed E-state index contributed by atoms with van der Waals surface area (Å²) >= 11 is 2.25. The Morgan fingerprint density at radius 1 is 1.50 bits per heavy atom. The summed E-state index contributed by atoms with van der Waals surface area (Å²) in [6, 6.07) is 6.02. The lowest BCUT2D eigenvalue weighted by Crippen LogP contribution is -1.97. The number of hydrogen-bond acceptors (Lipinski definition) is 2. The quantitative estimate of drug-likeness (QED) is 0.798. The maximum atomic E-state index is 5.32. The summed E-state index contributed by atoms with van der Waals surface area (Å²) in [4.78, 5) is 0. The van der Waals surface area contributed by atoms with Crippen LogP contribution in [0.1, 0.15) is 6.92 Å². The highest BCUT2D eigenvalue weighted by atomic mass is 127. The molecule has 0 atom stereocenters. The van der Waals surface area contributed by atoms with Gasteiger partial charge in [0, 0.05) is 11.9 Å². The van der Waals surface area contributed by atoms with Gasteiger partial charge in [0.2, 0.25) is 0 Å². The third-order valence-corrected chi connectivity index (χ3v) is 3.00. The highest BCUT2D eigenvalue weighted by Crippen LogP contribution is 2.28. The van der Waals surface area contributed by atoms with Crippen LogP contribution in [0, 0.1) is 3.70 Å². The molecule has 0 radical (unpaired) electrons. The van der Waals surface area contributed by atoms with Gasteiger partial charge < -0.3 is 4.74 Å². The Morgan fingerprint density at radius 3 is 2.93 bits per heavy atom. The number of para-hydroxylation sites is 1. The summed E-state index contributed by atoms with van der Waals surface area (Å²) in [5.41, 5.74) is 1.09. The summed E-state index contributed by atoms with van der Waals surface area (Å²) in [5, 5.41) is 5.60. The van der Waals surface area contributed by atoms with Crippen LogP contribution in [0.5, 0.6) is 5.75 Å². The third-order valence-electron chi connectivity index (χ3n) is 2.21. The Kier molecular flexibility index (Phi) is 2.62. The second-order valence-electron chi connectivity index (χ2n) is 2.96. The van der Waals surface area contributed by atoms with E-state index in [1.165, 1.54) is 0 Å². The number of rotatable bonds is 2. The molecule has 74 valence electrons. The molecule has 0 spiro atoms. The van der Waals surface area contributed by atoms with E-state index in [0.717, 1.165) is 26.9 Å². The van der Waals surface area contributed by atoms with Crippen LogP contribution in [0.3, 0.4) is 0 Å². The minimum atomic E-state index is 0.861. The number of aryl methyl sites for hydroxylation is 1. The van der Waals surface area contributed by atoms with Gasteiger partial charge >= 0.3 is 0 Å². The van der Waals surface area contributed by atoms with Gasteiger partial charge in [-0.15, -0.1) is 0 Å². The van der Waals surface area contributed by atoms with Crippen LogP contribution in [0.15, 0.2) is 18.2 Å². The Balaban J connectivity index is 2.82. The number of methoxy groups -OCH3 is 1. The maximum absolute atomic E-state index is 5.32. The van der Waals surface area contributed by atoms with Gasteiger partial charge in [0.05, 0.1) is 7.11 Å². The number of fused-ring (bicyclic) bond motifs is 1. The maximum Gasteiger partial charge on any atom is 0.144 e. The van der Waals surface area contributed by atoms with E-state index in [-0.39, 0.29) is 0 Å². The number of halogens is 1. The first-order chi connectivity index (χ1) is 6.77. The molecule has 0 saturated heterocycles. The van der Waals surface area contributed by atoms with Gasteiger partial charge in [0.1, 0.15) is 15.0 Å². The van der Waals surface area contributed by atoms with E-state index in [2.05, 4.69) is 40.7 Å². The monoisotopic (exact) mass is 302 g/mol. The zero-order chi connectivity index (χ0) is 10.1. The zero-order valence-electron chi connectivity index (χ0n) is 8.12. The average molecular weight is 302 g/mol. The fourth-order valence-corrected chi connectivity index (χ4v) is 2.25. The molecule has 0 saturated carbocycles. The Labute approximate surface area is 96.2 Å². The molecule has 1 heterocycles. The number of hydrogen-bond donors (Lipinski definition) is 0. The lowest BCUT2D eigenvalue weighted by Gasteiger charge is -2.04. The van der Waals surface area contributed by atoms with Crippen molar-refractivity contribution in [1.29, 1.82) is 0 Å². The minimum Gasteiger partial charge on any atom is -0.494 e. The van der Waals surface area contributed by atoms with Crippen LogP contribution in [0.4, 0.5) is 0 Å². The fraction of sp³-hybridized carbons (Fsp3) is 0.300. The molecule has 0 unspecified atom stereocenters. The molecule has 2 aromatic rings. The van der Waals surface area contributed by atoms with Gasteiger partial charge in [-0.05, 0) is 41.6 Å². The predicted octanol–water partition coefficient (Wildman–Crippen LogP) is 2.67. The van der Waals surface area contributed by atoms with E-state index < -0.39 is 0 Å². The zero-order valence-corrected chi connectivity index (χ0v) is 10.3. The molecule has 0 aliphatic heterocycles. The van der Waals surface area contributed by atoms with Crippen LogP contribution in [-0.2, 0) is 6.54 Å². The van der Waals surface area contributed by atoms with Crippen LogP contribution in [-0.4, -0.2) is 16.9 Å². The first kappa shape index (κ1) is 9.76. The Morgan fingerprint density at radius 2 is 2.29 bits per heavy atom. The molecule has 1 aromatic carbocycles. The van der Waals surface area contributed by atoms with Crippen molar-refractivity contribution in [3.05, 3.63) is 21.9 Å². The number of nitrogens with zero attached hydrogens (tertiary/aromatic N) is 2. The van der Waals surface area contributed by atoms with Gasteiger partial charge in [-0.3, -0.25) is 4.68 Å². The highest BCUT2D eigenvalue weighted by molar-refractivity contribution is 14.1. The molecule has 0 aliphatic rings. The molecule has 14 heavy (non-hydrogen) atoms. The lowest BCUT2D eigenvalue weighted by atomic mass is 10.2.